The summed E-state index contributed by atoms with van der Waals surface area (Å²) in [6.07, 6.45) is 2.97. The van der Waals surface area contributed by atoms with Crippen molar-refractivity contribution in [3.8, 4) is 0 Å². The van der Waals surface area contributed by atoms with Gasteiger partial charge in [-0.05, 0) is 55.5 Å². The largest absolute Gasteiger partial charge is 0.319 e. The van der Waals surface area contributed by atoms with Crippen molar-refractivity contribution in [3.05, 3.63) is 0 Å². The summed E-state index contributed by atoms with van der Waals surface area (Å²) in [5.74, 6) is 3.91. The molecular weight excluding hydrogens is 158 g/mol. The number of hydrogen-bond donors (Lipinski definition) is 1. The Kier molecular flexibility index (Phi) is 2.18. The molecular formula is C12H23N. The van der Waals surface area contributed by atoms with E-state index < -0.39 is 0 Å². The van der Waals surface area contributed by atoms with Crippen LogP contribution in [0, 0.1) is 29.1 Å². The van der Waals surface area contributed by atoms with Gasteiger partial charge in [-0.2, -0.15) is 0 Å². The lowest BCUT2D eigenvalue weighted by Crippen LogP contribution is -2.56. The molecule has 0 heterocycles. The predicted octanol–water partition coefficient (Wildman–Crippen LogP) is 2.52. The van der Waals surface area contributed by atoms with E-state index in [-0.39, 0.29) is 0 Å². The minimum atomic E-state index is 0.656. The van der Waals surface area contributed by atoms with E-state index in [0.29, 0.717) is 5.41 Å². The second kappa shape index (κ2) is 2.98. The van der Waals surface area contributed by atoms with Gasteiger partial charge in [-0.3, -0.25) is 0 Å². The highest BCUT2D eigenvalue weighted by Crippen LogP contribution is 2.62. The van der Waals surface area contributed by atoms with Crippen molar-refractivity contribution in [1.82, 2.24) is 5.32 Å². The molecule has 76 valence electrons. The van der Waals surface area contributed by atoms with Crippen LogP contribution in [0.5, 0.6) is 0 Å². The van der Waals surface area contributed by atoms with Crippen LogP contribution in [0.3, 0.4) is 0 Å². The first-order valence-electron chi connectivity index (χ1n) is 5.72. The van der Waals surface area contributed by atoms with Crippen LogP contribution in [-0.4, -0.2) is 13.6 Å². The minimum Gasteiger partial charge on any atom is -0.319 e. The lowest BCUT2D eigenvalue weighted by atomic mass is 9.43. The van der Waals surface area contributed by atoms with Crippen molar-refractivity contribution in [1.29, 1.82) is 0 Å². The summed E-state index contributed by atoms with van der Waals surface area (Å²) < 4.78 is 0. The van der Waals surface area contributed by atoms with Gasteiger partial charge in [-0.25, -0.2) is 0 Å². The van der Waals surface area contributed by atoms with Gasteiger partial charge in [-0.15, -0.1) is 0 Å². The Morgan fingerprint density at radius 1 is 1.31 bits per heavy atom. The fourth-order valence-corrected chi connectivity index (χ4v) is 3.79. The fourth-order valence-electron chi connectivity index (χ4n) is 3.79. The second-order valence-corrected chi connectivity index (χ2v) is 5.77. The van der Waals surface area contributed by atoms with Gasteiger partial charge in [0.15, 0.2) is 0 Å². The maximum atomic E-state index is 3.34. The SMILES string of the molecule is CNC[C@H]1C[C@H]2C[C@@H]([C@@H]1C)C2(C)C. The molecule has 1 N–H and O–H groups in total. The predicted molar refractivity (Wildman–Crippen MR) is 56.6 cm³/mol. The van der Waals surface area contributed by atoms with Crippen molar-refractivity contribution in [2.75, 3.05) is 13.6 Å². The van der Waals surface area contributed by atoms with E-state index in [4.69, 9.17) is 0 Å². The van der Waals surface area contributed by atoms with E-state index in [1.54, 1.807) is 0 Å². The fraction of sp³-hybridized carbons (Fsp3) is 1.00. The van der Waals surface area contributed by atoms with Crippen molar-refractivity contribution >= 4 is 0 Å². The smallest absolute Gasteiger partial charge is 0.00208 e. The number of rotatable bonds is 2. The Balaban J connectivity index is 2.03. The van der Waals surface area contributed by atoms with Crippen LogP contribution in [0.15, 0.2) is 0 Å². The summed E-state index contributed by atoms with van der Waals surface area (Å²) in [4.78, 5) is 0. The Labute approximate surface area is 82.3 Å². The van der Waals surface area contributed by atoms with E-state index >= 15 is 0 Å². The normalized spacial score (nSPS) is 47.1. The molecule has 2 bridgehead atoms. The maximum Gasteiger partial charge on any atom is -0.00208 e. The highest BCUT2D eigenvalue weighted by atomic mass is 14.8. The zero-order chi connectivity index (χ0) is 9.64. The first kappa shape index (κ1) is 9.51. The van der Waals surface area contributed by atoms with Crippen molar-refractivity contribution in [2.45, 2.75) is 33.6 Å². The Morgan fingerprint density at radius 2 is 2.00 bits per heavy atom. The van der Waals surface area contributed by atoms with Gasteiger partial charge < -0.3 is 5.32 Å². The first-order chi connectivity index (χ1) is 6.07. The van der Waals surface area contributed by atoms with E-state index in [9.17, 15) is 0 Å². The van der Waals surface area contributed by atoms with Gasteiger partial charge >= 0.3 is 0 Å². The maximum absolute atomic E-state index is 3.34. The van der Waals surface area contributed by atoms with E-state index in [2.05, 4.69) is 33.1 Å². The molecule has 0 radical (unpaired) electrons. The molecule has 1 nitrogen and oxygen atoms in total. The molecule has 3 aliphatic carbocycles. The molecule has 0 aromatic rings. The monoisotopic (exact) mass is 181 g/mol. The number of nitrogens with one attached hydrogen (secondary N) is 1. The summed E-state index contributed by atoms with van der Waals surface area (Å²) >= 11 is 0. The van der Waals surface area contributed by atoms with Gasteiger partial charge in [0.1, 0.15) is 0 Å². The lowest BCUT2D eigenvalue weighted by Gasteiger charge is -2.62. The summed E-state index contributed by atoms with van der Waals surface area (Å²) in [5, 5.41) is 3.34. The molecule has 0 unspecified atom stereocenters. The van der Waals surface area contributed by atoms with Gasteiger partial charge in [0.05, 0.1) is 0 Å². The molecule has 0 spiro atoms. The standard InChI is InChI=1S/C12H23N/c1-8-9(7-13-4)5-10-6-11(8)12(10,2)3/h8-11,13H,5-7H2,1-4H3/t8-,9-,10+,11+/m1/s1. The van der Waals surface area contributed by atoms with Crippen LogP contribution >= 0.6 is 0 Å². The van der Waals surface area contributed by atoms with Gasteiger partial charge in [0.25, 0.3) is 0 Å². The lowest BCUT2D eigenvalue weighted by molar-refractivity contribution is -0.127. The summed E-state index contributed by atoms with van der Waals surface area (Å²) in [5.41, 5.74) is 0.656. The van der Waals surface area contributed by atoms with E-state index in [1.807, 2.05) is 0 Å². The molecule has 13 heavy (non-hydrogen) atoms. The van der Waals surface area contributed by atoms with Crippen molar-refractivity contribution < 1.29 is 0 Å². The van der Waals surface area contributed by atoms with Crippen molar-refractivity contribution in [3.63, 3.8) is 0 Å². The molecule has 1 heteroatoms. The van der Waals surface area contributed by atoms with Gasteiger partial charge in [0, 0.05) is 0 Å². The highest BCUT2D eigenvalue weighted by Gasteiger charge is 2.55. The molecule has 3 aliphatic rings. The van der Waals surface area contributed by atoms with Crippen LogP contribution < -0.4 is 5.32 Å². The van der Waals surface area contributed by atoms with E-state index in [0.717, 1.165) is 23.7 Å². The molecule has 0 amide bonds. The molecule has 0 aliphatic heterocycles. The quantitative estimate of drug-likeness (QED) is 0.690. The second-order valence-electron chi connectivity index (χ2n) is 5.77. The van der Waals surface area contributed by atoms with Crippen LogP contribution in [0.4, 0.5) is 0 Å². The average molecular weight is 181 g/mol. The topological polar surface area (TPSA) is 12.0 Å². The van der Waals surface area contributed by atoms with Gasteiger partial charge in [0.2, 0.25) is 0 Å². The van der Waals surface area contributed by atoms with Crippen molar-refractivity contribution in [2.24, 2.45) is 29.1 Å². The van der Waals surface area contributed by atoms with Crippen LogP contribution in [-0.2, 0) is 0 Å². The summed E-state index contributed by atoms with van der Waals surface area (Å²) in [6, 6.07) is 0. The Bertz CT molecular complexity index is 197. The molecule has 0 saturated heterocycles. The highest BCUT2D eigenvalue weighted by molar-refractivity contribution is 5.05. The number of fused-ring (bicyclic) bond motifs is 2. The first-order valence-corrected chi connectivity index (χ1v) is 5.72. The van der Waals surface area contributed by atoms with Crippen LogP contribution in [0.2, 0.25) is 0 Å². The third-order valence-corrected chi connectivity index (χ3v) is 4.98. The Morgan fingerprint density at radius 3 is 2.46 bits per heavy atom. The minimum absolute atomic E-state index is 0.656. The average Bonchev–Trinajstić information content (AvgIpc) is 2.08. The zero-order valence-electron chi connectivity index (χ0n) is 9.43. The van der Waals surface area contributed by atoms with E-state index in [1.165, 1.54) is 19.4 Å². The Hall–Kier alpha value is -0.0400. The molecule has 0 aromatic carbocycles. The molecule has 3 saturated carbocycles. The third-order valence-electron chi connectivity index (χ3n) is 4.98. The van der Waals surface area contributed by atoms with Crippen LogP contribution in [0.1, 0.15) is 33.6 Å². The summed E-state index contributed by atoms with van der Waals surface area (Å²) in [6.45, 7) is 8.63. The molecule has 3 rings (SSSR count). The number of hydrogen-bond acceptors (Lipinski definition) is 1. The third kappa shape index (κ3) is 1.24. The molecule has 3 fully saturated rings. The molecule has 4 atom stereocenters. The zero-order valence-corrected chi connectivity index (χ0v) is 9.43. The van der Waals surface area contributed by atoms with Gasteiger partial charge in [-0.1, -0.05) is 20.8 Å². The molecule has 0 aromatic heterocycles. The van der Waals surface area contributed by atoms with Crippen LogP contribution in [0.25, 0.3) is 0 Å². The summed E-state index contributed by atoms with van der Waals surface area (Å²) in [7, 11) is 2.08.